The van der Waals surface area contributed by atoms with Crippen LogP contribution in [0.4, 0.5) is 0 Å². The molecule has 1 saturated carbocycles. The Morgan fingerprint density at radius 3 is 2.67 bits per heavy atom. The van der Waals surface area contributed by atoms with Gasteiger partial charge in [0.1, 0.15) is 0 Å². The Kier molecular flexibility index (Phi) is 4.59. The third kappa shape index (κ3) is 3.44. The van der Waals surface area contributed by atoms with Crippen molar-refractivity contribution < 1.29 is 4.74 Å². The lowest BCUT2D eigenvalue weighted by Gasteiger charge is -2.15. The fraction of sp³-hybridized carbons (Fsp3) is 1.00. The van der Waals surface area contributed by atoms with Crippen LogP contribution in [0.1, 0.15) is 39.5 Å². The first-order valence-electron chi connectivity index (χ1n) is 4.96. The van der Waals surface area contributed by atoms with Gasteiger partial charge in [0.15, 0.2) is 0 Å². The van der Waals surface area contributed by atoms with Crippen LogP contribution >= 0.6 is 15.9 Å². The minimum atomic E-state index is 0.490. The van der Waals surface area contributed by atoms with E-state index in [4.69, 9.17) is 4.74 Å². The van der Waals surface area contributed by atoms with E-state index in [-0.39, 0.29) is 0 Å². The van der Waals surface area contributed by atoms with E-state index in [2.05, 4.69) is 29.8 Å². The molecule has 0 heterocycles. The highest BCUT2D eigenvalue weighted by Gasteiger charge is 2.25. The summed E-state index contributed by atoms with van der Waals surface area (Å²) in [6, 6.07) is 0. The molecule has 2 heteroatoms. The molecular weight excluding hydrogens is 216 g/mol. The summed E-state index contributed by atoms with van der Waals surface area (Å²) >= 11 is 3.65. The van der Waals surface area contributed by atoms with E-state index in [1.165, 1.54) is 25.7 Å². The van der Waals surface area contributed by atoms with Crippen molar-refractivity contribution in [3.05, 3.63) is 0 Å². The van der Waals surface area contributed by atoms with Crippen LogP contribution in [-0.4, -0.2) is 17.5 Å². The van der Waals surface area contributed by atoms with Crippen LogP contribution in [-0.2, 0) is 4.74 Å². The molecule has 72 valence electrons. The van der Waals surface area contributed by atoms with Gasteiger partial charge in [-0.2, -0.15) is 0 Å². The normalized spacial score (nSPS) is 30.0. The highest BCUT2D eigenvalue weighted by Crippen LogP contribution is 2.28. The average Bonchev–Trinajstić information content (AvgIpc) is 2.36. The number of alkyl halides is 1. The Morgan fingerprint density at radius 2 is 2.17 bits per heavy atom. The van der Waals surface area contributed by atoms with Gasteiger partial charge in [-0.15, -0.1) is 0 Å². The first-order valence-corrected chi connectivity index (χ1v) is 5.87. The van der Waals surface area contributed by atoms with E-state index in [9.17, 15) is 0 Å². The zero-order valence-electron chi connectivity index (χ0n) is 8.05. The molecule has 2 atom stereocenters. The van der Waals surface area contributed by atoms with E-state index in [0.717, 1.165) is 12.5 Å². The molecule has 1 aliphatic rings. The SMILES string of the molecule is CC(C)CCOC1CCCC1Br. The molecule has 0 aromatic heterocycles. The zero-order chi connectivity index (χ0) is 8.97. The summed E-state index contributed by atoms with van der Waals surface area (Å²) in [7, 11) is 0. The van der Waals surface area contributed by atoms with Gasteiger partial charge in [0.05, 0.1) is 6.10 Å². The van der Waals surface area contributed by atoms with E-state index in [1.54, 1.807) is 0 Å². The van der Waals surface area contributed by atoms with Crippen LogP contribution in [0, 0.1) is 5.92 Å². The van der Waals surface area contributed by atoms with Crippen molar-refractivity contribution in [1.82, 2.24) is 0 Å². The zero-order valence-corrected chi connectivity index (χ0v) is 9.64. The highest BCUT2D eigenvalue weighted by molar-refractivity contribution is 9.09. The summed E-state index contributed by atoms with van der Waals surface area (Å²) in [5, 5.41) is 0. The fourth-order valence-electron chi connectivity index (χ4n) is 1.52. The monoisotopic (exact) mass is 234 g/mol. The summed E-state index contributed by atoms with van der Waals surface area (Å²) in [5.74, 6) is 0.764. The first-order chi connectivity index (χ1) is 5.70. The molecule has 0 bridgehead atoms. The van der Waals surface area contributed by atoms with Gasteiger partial charge in [-0.3, -0.25) is 0 Å². The minimum absolute atomic E-state index is 0.490. The average molecular weight is 235 g/mol. The van der Waals surface area contributed by atoms with E-state index < -0.39 is 0 Å². The molecule has 1 nitrogen and oxygen atoms in total. The van der Waals surface area contributed by atoms with Gasteiger partial charge in [-0.1, -0.05) is 29.8 Å². The molecule has 2 unspecified atom stereocenters. The molecule has 0 amide bonds. The second kappa shape index (κ2) is 5.23. The van der Waals surface area contributed by atoms with Crippen molar-refractivity contribution in [3.8, 4) is 0 Å². The molecule has 0 aliphatic heterocycles. The Bertz CT molecular complexity index is 125. The van der Waals surface area contributed by atoms with Crippen molar-refractivity contribution in [1.29, 1.82) is 0 Å². The summed E-state index contributed by atoms with van der Waals surface area (Å²) in [4.78, 5) is 0.615. The minimum Gasteiger partial charge on any atom is -0.377 e. The largest absolute Gasteiger partial charge is 0.377 e. The van der Waals surface area contributed by atoms with Crippen molar-refractivity contribution in [2.75, 3.05) is 6.61 Å². The molecule has 0 radical (unpaired) electrons. The molecule has 0 saturated heterocycles. The van der Waals surface area contributed by atoms with Crippen LogP contribution < -0.4 is 0 Å². The maximum Gasteiger partial charge on any atom is 0.0700 e. The maximum atomic E-state index is 5.78. The smallest absolute Gasteiger partial charge is 0.0700 e. The molecule has 0 spiro atoms. The van der Waals surface area contributed by atoms with Crippen molar-refractivity contribution in [2.24, 2.45) is 5.92 Å². The quantitative estimate of drug-likeness (QED) is 0.679. The van der Waals surface area contributed by atoms with Crippen molar-refractivity contribution in [3.63, 3.8) is 0 Å². The maximum absolute atomic E-state index is 5.78. The van der Waals surface area contributed by atoms with Crippen molar-refractivity contribution >= 4 is 15.9 Å². The third-order valence-corrected chi connectivity index (χ3v) is 3.45. The second-order valence-electron chi connectivity index (χ2n) is 4.04. The summed E-state index contributed by atoms with van der Waals surface area (Å²) in [6.07, 6.45) is 5.53. The molecule has 0 N–H and O–H groups in total. The van der Waals surface area contributed by atoms with Gasteiger partial charge >= 0.3 is 0 Å². The van der Waals surface area contributed by atoms with Crippen LogP contribution in [0.25, 0.3) is 0 Å². The van der Waals surface area contributed by atoms with Gasteiger partial charge in [-0.25, -0.2) is 0 Å². The van der Waals surface area contributed by atoms with Crippen LogP contribution in [0.2, 0.25) is 0 Å². The molecular formula is C10H19BrO. The Balaban J connectivity index is 2.06. The standard InChI is InChI=1S/C10H19BrO/c1-8(2)6-7-12-10-5-3-4-9(10)11/h8-10H,3-7H2,1-2H3. The molecule has 1 aliphatic carbocycles. The molecule has 0 aromatic carbocycles. The lowest BCUT2D eigenvalue weighted by molar-refractivity contribution is 0.0557. The number of ether oxygens (including phenoxy) is 1. The number of hydrogen-bond acceptors (Lipinski definition) is 1. The van der Waals surface area contributed by atoms with Gasteiger partial charge in [0, 0.05) is 11.4 Å². The number of halogens is 1. The predicted octanol–water partition coefficient (Wildman–Crippen LogP) is 3.37. The van der Waals surface area contributed by atoms with E-state index >= 15 is 0 Å². The van der Waals surface area contributed by atoms with E-state index in [0.29, 0.717) is 10.9 Å². The molecule has 0 aromatic rings. The van der Waals surface area contributed by atoms with Crippen molar-refractivity contribution in [2.45, 2.75) is 50.5 Å². The lowest BCUT2D eigenvalue weighted by Crippen LogP contribution is -2.18. The Labute approximate surface area is 84.0 Å². The first kappa shape index (κ1) is 10.5. The van der Waals surface area contributed by atoms with Gasteiger partial charge < -0.3 is 4.74 Å². The Morgan fingerprint density at radius 1 is 1.42 bits per heavy atom. The topological polar surface area (TPSA) is 9.23 Å². The summed E-state index contributed by atoms with van der Waals surface area (Å²) < 4.78 is 5.78. The van der Waals surface area contributed by atoms with Gasteiger partial charge in [0.2, 0.25) is 0 Å². The highest BCUT2D eigenvalue weighted by atomic mass is 79.9. The van der Waals surface area contributed by atoms with Crippen LogP contribution in [0.15, 0.2) is 0 Å². The van der Waals surface area contributed by atoms with Gasteiger partial charge in [-0.05, 0) is 31.6 Å². The molecule has 1 rings (SSSR count). The Hall–Kier alpha value is 0.440. The number of rotatable bonds is 4. The number of hydrogen-bond donors (Lipinski definition) is 0. The third-order valence-electron chi connectivity index (χ3n) is 2.40. The lowest BCUT2D eigenvalue weighted by atomic mass is 10.1. The fourth-order valence-corrected chi connectivity index (χ4v) is 2.26. The van der Waals surface area contributed by atoms with E-state index in [1.807, 2.05) is 0 Å². The predicted molar refractivity (Wildman–Crippen MR) is 55.8 cm³/mol. The molecule has 12 heavy (non-hydrogen) atoms. The van der Waals surface area contributed by atoms with Gasteiger partial charge in [0.25, 0.3) is 0 Å². The summed E-state index contributed by atoms with van der Waals surface area (Å²) in [5.41, 5.74) is 0. The van der Waals surface area contributed by atoms with Crippen LogP contribution in [0.3, 0.4) is 0 Å². The molecule has 1 fully saturated rings. The summed E-state index contributed by atoms with van der Waals surface area (Å²) in [6.45, 7) is 5.41. The van der Waals surface area contributed by atoms with Crippen LogP contribution in [0.5, 0.6) is 0 Å². The second-order valence-corrected chi connectivity index (χ2v) is 5.21.